The molecule has 68 heavy (non-hydrogen) atoms. The molecule has 14 atom stereocenters. The van der Waals surface area contributed by atoms with Gasteiger partial charge in [-0.1, -0.05) is 0 Å². The number of ether oxygens (including phenoxy) is 4. The molecule has 0 amide bonds. The molecule has 3 aliphatic heterocycles. The van der Waals surface area contributed by atoms with Crippen molar-refractivity contribution >= 4 is 74.2 Å². The zero-order chi connectivity index (χ0) is 48.4. The molecular formula is C31H40N15O19P3. The highest BCUT2D eigenvalue weighted by Crippen LogP contribution is 2.53. The number of aliphatic hydroxyl groups is 4. The summed E-state index contributed by atoms with van der Waals surface area (Å²) in [6, 6.07) is 0. The molecule has 0 bridgehead atoms. The first-order chi connectivity index (χ1) is 32.2. The van der Waals surface area contributed by atoms with Gasteiger partial charge >= 0.3 is 23.2 Å². The number of hydrogen-bond acceptors (Lipinski definition) is 27. The SMILES string of the molecule is Nc1ncnc2c1ncn2[C@@H]1O[C@H](COP(=O)(O)O[C@@H]2[C@H](O)[C@@H](COP(=O)(O)O[C@@H]3[C@H](O)[C@@H](COCP(=O)(O)O)O[C@H]3n3cnc4c(N)ncnc43)O[C@H]2n2cnc3c(N)ncnc32)[C@@H](O)[C@H]1O. The Balaban J connectivity index is 0.914. The highest BCUT2D eigenvalue weighted by Gasteiger charge is 2.53. The van der Waals surface area contributed by atoms with Crippen LogP contribution < -0.4 is 17.2 Å². The van der Waals surface area contributed by atoms with Crippen LogP contribution in [-0.2, 0) is 50.7 Å². The van der Waals surface area contributed by atoms with Crippen LogP contribution >= 0.6 is 23.2 Å². The van der Waals surface area contributed by atoms with Crippen LogP contribution in [0.2, 0.25) is 0 Å². The topological polar surface area (TPSA) is 496 Å². The molecule has 9 heterocycles. The van der Waals surface area contributed by atoms with Gasteiger partial charge in [-0.15, -0.1) is 0 Å². The summed E-state index contributed by atoms with van der Waals surface area (Å²) in [5.74, 6) is -0.110. The molecule has 3 saturated heterocycles. The number of phosphoric acid groups is 2. The van der Waals surface area contributed by atoms with Gasteiger partial charge in [-0.05, 0) is 0 Å². The molecule has 34 nitrogen and oxygen atoms in total. The van der Waals surface area contributed by atoms with E-state index < -0.39 is 123 Å². The smallest absolute Gasteiger partial charge is 0.387 e. The second kappa shape index (κ2) is 18.4. The van der Waals surface area contributed by atoms with Gasteiger partial charge in [0.25, 0.3) is 0 Å². The zero-order valence-electron chi connectivity index (χ0n) is 34.2. The van der Waals surface area contributed by atoms with Crippen LogP contribution in [0.3, 0.4) is 0 Å². The molecule has 3 fully saturated rings. The van der Waals surface area contributed by atoms with Crippen LogP contribution in [0.4, 0.5) is 17.5 Å². The zero-order valence-corrected chi connectivity index (χ0v) is 36.9. The van der Waals surface area contributed by atoms with Gasteiger partial charge in [0, 0.05) is 0 Å². The second-order valence-electron chi connectivity index (χ2n) is 15.2. The first kappa shape index (κ1) is 48.1. The van der Waals surface area contributed by atoms with Crippen LogP contribution in [-0.4, -0.2) is 180 Å². The van der Waals surface area contributed by atoms with Gasteiger partial charge in [-0.3, -0.25) is 36.4 Å². The molecule has 37 heteroatoms. The van der Waals surface area contributed by atoms with Gasteiger partial charge in [0.1, 0.15) is 96.8 Å². The number of anilines is 3. The van der Waals surface area contributed by atoms with Gasteiger partial charge in [0.15, 0.2) is 53.1 Å². The third-order valence-corrected chi connectivity index (χ3v) is 13.3. The number of nitrogens with two attached hydrogens (primary N) is 3. The lowest BCUT2D eigenvalue weighted by atomic mass is 10.1. The Morgan fingerprint density at radius 2 is 0.882 bits per heavy atom. The van der Waals surface area contributed by atoms with E-state index in [1.165, 1.54) is 15.5 Å². The Morgan fingerprint density at radius 3 is 1.29 bits per heavy atom. The first-order valence-corrected chi connectivity index (χ1v) is 24.4. The molecule has 3 aliphatic rings. The highest BCUT2D eigenvalue weighted by atomic mass is 31.2. The number of aromatic nitrogens is 12. The van der Waals surface area contributed by atoms with E-state index in [0.29, 0.717) is 0 Å². The molecule has 6 aromatic heterocycles. The molecule has 14 N–H and O–H groups in total. The quantitative estimate of drug-likeness (QED) is 0.0396. The standard InChI is InChI=1S/C31H40N15O19P3/c32-23-14-26(38-4-35-23)44(7-41-14)29-20(50)17(47)12(61-29)2-59-67(54,55)65-22-19(49)13(63-31(22)46-9-43-16-25(34)37-6-40-28(16)46)3-60-68(56,57)64-21-18(48)11(1-58-10-66(51,52)53)62-30(21)45-8-42-15-24(33)36-5-39-27(15)45/h4-9,11-13,17-22,29-31,47-50H,1-3,10H2,(H,54,55)(H,56,57)(H2,32,35,38)(H2,33,36,39)(H2,34,37,40)(H2,51,52,53)/t11-,12-,13-,17-,18-,19-,20-,21-,22-,29-,30-,31-/m1/s1. The molecule has 0 aliphatic carbocycles. The Kier molecular flexibility index (Phi) is 13.1. The van der Waals surface area contributed by atoms with Crippen molar-refractivity contribution in [1.29, 1.82) is 0 Å². The normalized spacial score (nSPS) is 30.7. The van der Waals surface area contributed by atoms with Crippen LogP contribution in [0, 0.1) is 0 Å². The van der Waals surface area contributed by atoms with Gasteiger partial charge < -0.3 is 76.1 Å². The van der Waals surface area contributed by atoms with Gasteiger partial charge in [0.05, 0.1) is 38.8 Å². The van der Waals surface area contributed by atoms with Crippen LogP contribution in [0.1, 0.15) is 18.7 Å². The largest absolute Gasteiger partial charge is 0.472 e. The Bertz CT molecular complexity index is 2960. The van der Waals surface area contributed by atoms with Gasteiger partial charge in [-0.2, -0.15) is 0 Å². The maximum absolute atomic E-state index is 13.7. The van der Waals surface area contributed by atoms with E-state index in [-0.39, 0.29) is 50.9 Å². The summed E-state index contributed by atoms with van der Waals surface area (Å²) in [7, 11) is -15.4. The second-order valence-corrected chi connectivity index (χ2v) is 19.6. The summed E-state index contributed by atoms with van der Waals surface area (Å²) in [6.07, 6.45) is -14.3. The molecule has 2 unspecified atom stereocenters. The van der Waals surface area contributed by atoms with Gasteiger partial charge in [0.2, 0.25) is 0 Å². The molecular weight excluding hydrogens is 979 g/mol. The highest BCUT2D eigenvalue weighted by molar-refractivity contribution is 7.51. The Labute approximate surface area is 377 Å². The lowest BCUT2D eigenvalue weighted by molar-refractivity contribution is -0.0663. The Morgan fingerprint density at radius 1 is 0.515 bits per heavy atom. The number of hydrogen-bond donors (Lipinski definition) is 11. The van der Waals surface area contributed by atoms with Crippen molar-refractivity contribution in [2.24, 2.45) is 0 Å². The van der Waals surface area contributed by atoms with Crippen molar-refractivity contribution < 1.29 is 90.7 Å². The van der Waals surface area contributed by atoms with E-state index in [9.17, 15) is 53.7 Å². The number of fused-ring (bicyclic) bond motifs is 3. The lowest BCUT2D eigenvalue weighted by Gasteiger charge is -2.25. The average Bonchev–Trinajstić information content (AvgIpc) is 4.14. The maximum atomic E-state index is 13.7. The van der Waals surface area contributed by atoms with E-state index in [1.54, 1.807) is 0 Å². The molecule has 368 valence electrons. The van der Waals surface area contributed by atoms with Crippen molar-refractivity contribution in [1.82, 2.24) is 58.6 Å². The predicted molar refractivity (Wildman–Crippen MR) is 219 cm³/mol. The van der Waals surface area contributed by atoms with E-state index in [0.717, 1.165) is 36.2 Å². The molecule has 0 aromatic carbocycles. The number of rotatable bonds is 17. The molecule has 6 aromatic rings. The van der Waals surface area contributed by atoms with Crippen molar-refractivity contribution in [2.45, 2.75) is 73.6 Å². The number of phosphoric ester groups is 2. The minimum Gasteiger partial charge on any atom is -0.387 e. The molecule has 9 rings (SSSR count). The summed E-state index contributed by atoms with van der Waals surface area (Å²) < 4.78 is 86.3. The van der Waals surface area contributed by atoms with E-state index in [1.807, 2.05) is 0 Å². The molecule has 0 spiro atoms. The summed E-state index contributed by atoms with van der Waals surface area (Å²) >= 11 is 0. The van der Waals surface area contributed by atoms with Crippen molar-refractivity contribution in [2.75, 3.05) is 43.4 Å². The van der Waals surface area contributed by atoms with E-state index in [2.05, 4.69) is 44.9 Å². The number of imidazole rings is 3. The summed E-state index contributed by atoms with van der Waals surface area (Å²) in [4.78, 5) is 76.8. The average molecular weight is 1020 g/mol. The van der Waals surface area contributed by atoms with E-state index >= 15 is 0 Å². The summed E-state index contributed by atoms with van der Waals surface area (Å²) in [5, 5.41) is 44.6. The monoisotopic (exact) mass is 1020 g/mol. The minimum atomic E-state index is -5.40. The van der Waals surface area contributed by atoms with Crippen molar-refractivity contribution in [3.05, 3.63) is 38.0 Å². The fourth-order valence-corrected chi connectivity index (χ4v) is 9.85. The third kappa shape index (κ3) is 9.42. The van der Waals surface area contributed by atoms with Crippen LogP contribution in [0.15, 0.2) is 38.0 Å². The third-order valence-electron chi connectivity index (χ3n) is 10.8. The lowest BCUT2D eigenvalue weighted by Crippen LogP contribution is -2.37. The fourth-order valence-electron chi connectivity index (χ4n) is 7.64. The van der Waals surface area contributed by atoms with E-state index in [4.69, 9.17) is 54.2 Å². The molecule has 0 radical (unpaired) electrons. The summed E-state index contributed by atoms with van der Waals surface area (Å²) in [5.41, 5.74) is 18.2. The maximum Gasteiger partial charge on any atom is 0.472 e. The number of aliphatic hydroxyl groups excluding tert-OH is 4. The van der Waals surface area contributed by atoms with Crippen molar-refractivity contribution in [3.63, 3.8) is 0 Å². The number of nitrogens with zero attached hydrogens (tertiary/aromatic N) is 12. The van der Waals surface area contributed by atoms with Crippen molar-refractivity contribution in [3.8, 4) is 0 Å². The fraction of sp³-hybridized carbons (Fsp3) is 0.516. The Hall–Kier alpha value is -4.90. The number of nitrogen functional groups attached to an aromatic ring is 3. The summed E-state index contributed by atoms with van der Waals surface area (Å²) in [6.45, 7) is -2.54. The van der Waals surface area contributed by atoms with Crippen LogP contribution in [0.25, 0.3) is 33.5 Å². The van der Waals surface area contributed by atoms with Gasteiger partial charge in [-0.25, -0.2) is 54.0 Å². The minimum absolute atomic E-state index is 0.0177. The van der Waals surface area contributed by atoms with Crippen LogP contribution in [0.5, 0.6) is 0 Å². The predicted octanol–water partition coefficient (Wildman–Crippen LogP) is -3.46. The first-order valence-electron chi connectivity index (χ1n) is 19.6. The molecule has 0 saturated carbocycles.